The molecule has 1 atom stereocenters. The van der Waals surface area contributed by atoms with Gasteiger partial charge in [0, 0.05) is 19.5 Å². The van der Waals surface area contributed by atoms with E-state index in [1.165, 1.54) is 25.0 Å². The third-order valence-electron chi connectivity index (χ3n) is 2.26. The van der Waals surface area contributed by atoms with Crippen molar-refractivity contribution in [2.24, 2.45) is 11.7 Å². The summed E-state index contributed by atoms with van der Waals surface area (Å²) in [5.41, 5.74) is 5.77. The first-order valence-corrected chi connectivity index (χ1v) is 4.21. The van der Waals surface area contributed by atoms with Gasteiger partial charge in [0.1, 0.15) is 0 Å². The van der Waals surface area contributed by atoms with Crippen molar-refractivity contribution in [1.82, 2.24) is 5.06 Å². The number of hydrogen-bond donors (Lipinski definition) is 1. The molecule has 0 bridgehead atoms. The van der Waals surface area contributed by atoms with Crippen LogP contribution in [0.4, 0.5) is 0 Å². The number of nitrogens with two attached hydrogens (primary N) is 1. The van der Waals surface area contributed by atoms with E-state index in [0.717, 1.165) is 0 Å². The Morgan fingerprint density at radius 1 is 1.75 bits per heavy atom. The third kappa shape index (κ3) is 2.46. The van der Waals surface area contributed by atoms with Gasteiger partial charge in [-0.2, -0.15) is 0 Å². The largest absolute Gasteiger partial charge is 0.327 e. The van der Waals surface area contributed by atoms with Crippen molar-refractivity contribution in [2.75, 3.05) is 14.2 Å². The second kappa shape index (κ2) is 3.87. The van der Waals surface area contributed by atoms with Gasteiger partial charge >= 0.3 is 0 Å². The van der Waals surface area contributed by atoms with Crippen LogP contribution in [0.1, 0.15) is 19.3 Å². The van der Waals surface area contributed by atoms with Gasteiger partial charge in [-0.25, -0.2) is 5.06 Å². The van der Waals surface area contributed by atoms with Crippen molar-refractivity contribution in [3.63, 3.8) is 0 Å². The molecule has 2 N–H and O–H groups in total. The van der Waals surface area contributed by atoms with Crippen LogP contribution in [0.15, 0.2) is 0 Å². The highest BCUT2D eigenvalue weighted by Crippen LogP contribution is 2.32. The minimum Gasteiger partial charge on any atom is -0.327 e. The Morgan fingerprint density at radius 2 is 2.33 bits per heavy atom. The minimum absolute atomic E-state index is 0.0232. The summed E-state index contributed by atoms with van der Waals surface area (Å²) in [5, 5.41) is 1.22. The first-order chi connectivity index (χ1) is 5.65. The van der Waals surface area contributed by atoms with Crippen LogP contribution >= 0.6 is 0 Å². The number of carbonyl (C=O) groups excluding carboxylic acids is 1. The van der Waals surface area contributed by atoms with Gasteiger partial charge in [-0.1, -0.05) is 0 Å². The maximum absolute atomic E-state index is 11.2. The van der Waals surface area contributed by atoms with Gasteiger partial charge in [0.25, 0.3) is 0 Å². The first kappa shape index (κ1) is 9.48. The monoisotopic (exact) mass is 172 g/mol. The normalized spacial score (nSPS) is 18.9. The summed E-state index contributed by atoms with van der Waals surface area (Å²) >= 11 is 0. The zero-order valence-corrected chi connectivity index (χ0v) is 7.62. The van der Waals surface area contributed by atoms with E-state index < -0.39 is 0 Å². The number of carbonyl (C=O) groups is 1. The van der Waals surface area contributed by atoms with Crippen LogP contribution in [-0.4, -0.2) is 31.2 Å². The summed E-state index contributed by atoms with van der Waals surface area (Å²) < 4.78 is 0. The molecule has 1 fully saturated rings. The molecule has 0 spiro atoms. The van der Waals surface area contributed by atoms with Crippen LogP contribution in [0.5, 0.6) is 0 Å². The number of hydrogen-bond acceptors (Lipinski definition) is 3. The third-order valence-corrected chi connectivity index (χ3v) is 2.26. The predicted octanol–water partition coefficient (Wildman–Crippen LogP) is 0.134. The molecule has 0 aliphatic heterocycles. The van der Waals surface area contributed by atoms with Crippen molar-refractivity contribution >= 4 is 5.91 Å². The van der Waals surface area contributed by atoms with E-state index in [2.05, 4.69) is 0 Å². The average molecular weight is 172 g/mol. The summed E-state index contributed by atoms with van der Waals surface area (Å²) in [6, 6.07) is 0.0232. The lowest BCUT2D eigenvalue weighted by molar-refractivity contribution is -0.169. The van der Waals surface area contributed by atoms with Crippen molar-refractivity contribution in [3.8, 4) is 0 Å². The van der Waals surface area contributed by atoms with Crippen LogP contribution in [0.2, 0.25) is 0 Å². The van der Waals surface area contributed by atoms with E-state index in [1.807, 2.05) is 0 Å². The molecule has 1 aliphatic carbocycles. The minimum atomic E-state index is -0.0445. The fraction of sp³-hybridized carbons (Fsp3) is 0.875. The Kier molecular flexibility index (Phi) is 3.05. The zero-order chi connectivity index (χ0) is 9.14. The summed E-state index contributed by atoms with van der Waals surface area (Å²) in [6.45, 7) is 0. The summed E-state index contributed by atoms with van der Waals surface area (Å²) in [4.78, 5) is 16.0. The quantitative estimate of drug-likeness (QED) is 0.613. The van der Waals surface area contributed by atoms with Gasteiger partial charge in [-0.05, 0) is 18.8 Å². The van der Waals surface area contributed by atoms with Crippen molar-refractivity contribution in [3.05, 3.63) is 0 Å². The molecular weight excluding hydrogens is 156 g/mol. The van der Waals surface area contributed by atoms with Crippen LogP contribution in [0.3, 0.4) is 0 Å². The lowest BCUT2D eigenvalue weighted by Crippen LogP contribution is -2.33. The Balaban J connectivity index is 2.24. The molecule has 0 radical (unpaired) electrons. The fourth-order valence-electron chi connectivity index (χ4n) is 1.12. The molecular formula is C8H16N2O2. The second-order valence-electron chi connectivity index (χ2n) is 3.28. The molecule has 0 heterocycles. The Hall–Kier alpha value is -0.610. The molecule has 1 aliphatic rings. The molecule has 12 heavy (non-hydrogen) atoms. The molecule has 0 aromatic carbocycles. The van der Waals surface area contributed by atoms with E-state index in [1.54, 1.807) is 7.05 Å². The number of rotatable bonds is 4. The highest BCUT2D eigenvalue weighted by atomic mass is 16.7. The highest BCUT2D eigenvalue weighted by Gasteiger charge is 2.30. The predicted molar refractivity (Wildman–Crippen MR) is 45.1 cm³/mol. The van der Waals surface area contributed by atoms with Gasteiger partial charge in [0.05, 0.1) is 7.11 Å². The van der Waals surface area contributed by atoms with Gasteiger partial charge < -0.3 is 5.73 Å². The topological polar surface area (TPSA) is 55.6 Å². The number of hydroxylamine groups is 2. The molecule has 1 unspecified atom stereocenters. The Bertz CT molecular complexity index is 168. The van der Waals surface area contributed by atoms with Crippen molar-refractivity contribution in [1.29, 1.82) is 0 Å². The number of amides is 1. The van der Waals surface area contributed by atoms with Crippen molar-refractivity contribution < 1.29 is 9.63 Å². The Morgan fingerprint density at radius 3 is 2.75 bits per heavy atom. The second-order valence-corrected chi connectivity index (χ2v) is 3.28. The van der Waals surface area contributed by atoms with Gasteiger partial charge in [0.15, 0.2) is 0 Å². The lowest BCUT2D eigenvalue weighted by atomic mass is 10.1. The van der Waals surface area contributed by atoms with Crippen LogP contribution in [-0.2, 0) is 9.63 Å². The average Bonchev–Trinajstić information content (AvgIpc) is 2.84. The fourth-order valence-corrected chi connectivity index (χ4v) is 1.12. The molecule has 1 saturated carbocycles. The van der Waals surface area contributed by atoms with Crippen LogP contribution < -0.4 is 5.73 Å². The molecule has 1 amide bonds. The molecule has 1 rings (SSSR count). The van der Waals surface area contributed by atoms with Crippen LogP contribution in [0, 0.1) is 5.92 Å². The zero-order valence-electron chi connectivity index (χ0n) is 7.62. The first-order valence-electron chi connectivity index (χ1n) is 4.21. The van der Waals surface area contributed by atoms with E-state index in [9.17, 15) is 4.79 Å². The van der Waals surface area contributed by atoms with Gasteiger partial charge in [0.2, 0.25) is 5.91 Å². The van der Waals surface area contributed by atoms with Crippen molar-refractivity contribution in [2.45, 2.75) is 25.3 Å². The summed E-state index contributed by atoms with van der Waals surface area (Å²) in [6.07, 6.45) is 2.74. The smallest absolute Gasteiger partial charge is 0.247 e. The van der Waals surface area contributed by atoms with Crippen LogP contribution in [0.25, 0.3) is 0 Å². The van der Waals surface area contributed by atoms with Gasteiger partial charge in [-0.3, -0.25) is 9.63 Å². The molecule has 70 valence electrons. The standard InChI is InChI=1S/C8H16N2O2/c1-10(12-2)8(11)5-7(9)6-3-4-6/h6-7H,3-5,9H2,1-2H3. The molecule has 4 nitrogen and oxygen atoms in total. The maximum atomic E-state index is 11.2. The van der Waals surface area contributed by atoms with E-state index in [0.29, 0.717) is 12.3 Å². The van der Waals surface area contributed by atoms with E-state index in [4.69, 9.17) is 10.6 Å². The molecule has 4 heteroatoms. The Labute approximate surface area is 72.6 Å². The van der Waals surface area contributed by atoms with E-state index >= 15 is 0 Å². The van der Waals surface area contributed by atoms with Gasteiger partial charge in [-0.15, -0.1) is 0 Å². The molecule has 0 saturated heterocycles. The molecule has 0 aromatic heterocycles. The summed E-state index contributed by atoms with van der Waals surface area (Å²) in [7, 11) is 3.07. The maximum Gasteiger partial charge on any atom is 0.247 e. The molecule has 0 aromatic rings. The number of nitrogens with zero attached hydrogens (tertiary/aromatic N) is 1. The van der Waals surface area contributed by atoms with E-state index in [-0.39, 0.29) is 11.9 Å². The SMILES string of the molecule is CON(C)C(=O)CC(N)C1CC1. The highest BCUT2D eigenvalue weighted by molar-refractivity contribution is 5.75. The summed E-state index contributed by atoms with van der Waals surface area (Å²) in [5.74, 6) is 0.524. The lowest BCUT2D eigenvalue weighted by Gasteiger charge is -2.16.